The van der Waals surface area contributed by atoms with Gasteiger partial charge >= 0.3 is 0 Å². The molecule has 1 aromatic carbocycles. The number of hydrogen-bond donors (Lipinski definition) is 1. The average molecular weight is 241 g/mol. The number of nitrogens with one attached hydrogen (secondary N) is 1. The highest BCUT2D eigenvalue weighted by Crippen LogP contribution is 2.16. The van der Waals surface area contributed by atoms with Crippen LogP contribution in [0.3, 0.4) is 0 Å². The van der Waals surface area contributed by atoms with Crippen LogP contribution >= 0.6 is 12.4 Å². The Morgan fingerprint density at radius 2 is 1.94 bits per heavy atom. The molecule has 0 bridgehead atoms. The van der Waals surface area contributed by atoms with E-state index in [1.807, 2.05) is 12.1 Å². The number of halogens is 1. The molecule has 1 amide bonds. The van der Waals surface area contributed by atoms with Gasteiger partial charge in [0, 0.05) is 20.6 Å². The summed E-state index contributed by atoms with van der Waals surface area (Å²) < 4.78 is 0. The third kappa shape index (κ3) is 2.54. The highest BCUT2D eigenvalue weighted by Gasteiger charge is 2.24. The maximum Gasteiger partial charge on any atom is 0.239 e. The van der Waals surface area contributed by atoms with Crippen LogP contribution in [0.2, 0.25) is 0 Å². The molecule has 3 nitrogen and oxygen atoms in total. The molecule has 0 spiro atoms. The minimum Gasteiger partial charge on any atom is -0.347 e. The molecule has 1 aromatic rings. The second-order valence-corrected chi connectivity index (χ2v) is 4.14. The predicted octanol–water partition coefficient (Wildman–Crippen LogP) is 1.21. The van der Waals surface area contributed by atoms with Crippen molar-refractivity contribution in [1.29, 1.82) is 0 Å². The molecular weight excluding hydrogens is 224 g/mol. The number of carbonyl (C=O) groups is 1. The molecule has 0 aliphatic carbocycles. The lowest BCUT2D eigenvalue weighted by Gasteiger charge is -2.27. The van der Waals surface area contributed by atoms with Crippen molar-refractivity contribution >= 4 is 18.3 Å². The maximum absolute atomic E-state index is 11.8. The SMILES string of the molecule is CN(C)C(=O)[C@@H]1Cc2ccccc2CN1.Cl. The van der Waals surface area contributed by atoms with E-state index in [0.29, 0.717) is 0 Å². The number of rotatable bonds is 1. The average Bonchev–Trinajstić information content (AvgIpc) is 2.27. The Morgan fingerprint density at radius 3 is 2.56 bits per heavy atom. The molecule has 0 saturated heterocycles. The quantitative estimate of drug-likeness (QED) is 0.801. The zero-order chi connectivity index (χ0) is 10.8. The molecule has 1 aliphatic rings. The van der Waals surface area contributed by atoms with Crippen LogP contribution < -0.4 is 5.32 Å². The smallest absolute Gasteiger partial charge is 0.239 e. The van der Waals surface area contributed by atoms with Gasteiger partial charge in [-0.1, -0.05) is 24.3 Å². The molecule has 1 N–H and O–H groups in total. The molecule has 0 saturated carbocycles. The van der Waals surface area contributed by atoms with E-state index in [0.717, 1.165) is 13.0 Å². The molecular formula is C12H17ClN2O. The van der Waals surface area contributed by atoms with Crippen LogP contribution in [0.15, 0.2) is 24.3 Å². The van der Waals surface area contributed by atoms with Crippen LogP contribution in [-0.2, 0) is 17.8 Å². The van der Waals surface area contributed by atoms with Crippen molar-refractivity contribution in [1.82, 2.24) is 10.2 Å². The number of hydrogen-bond acceptors (Lipinski definition) is 2. The Bertz CT molecular complexity index is 379. The second-order valence-electron chi connectivity index (χ2n) is 4.14. The van der Waals surface area contributed by atoms with E-state index in [1.165, 1.54) is 11.1 Å². The first-order valence-electron chi connectivity index (χ1n) is 5.20. The summed E-state index contributed by atoms with van der Waals surface area (Å²) in [6.07, 6.45) is 0.799. The summed E-state index contributed by atoms with van der Waals surface area (Å²) in [5.74, 6) is 0.157. The molecule has 1 aliphatic heterocycles. The molecule has 2 rings (SSSR count). The fourth-order valence-corrected chi connectivity index (χ4v) is 1.94. The summed E-state index contributed by atoms with van der Waals surface area (Å²) in [6, 6.07) is 8.22. The van der Waals surface area contributed by atoms with Crippen LogP contribution in [0.5, 0.6) is 0 Å². The van der Waals surface area contributed by atoms with E-state index >= 15 is 0 Å². The van der Waals surface area contributed by atoms with Gasteiger partial charge in [-0.2, -0.15) is 0 Å². The number of nitrogens with zero attached hydrogens (tertiary/aromatic N) is 1. The van der Waals surface area contributed by atoms with Gasteiger partial charge < -0.3 is 10.2 Å². The van der Waals surface area contributed by atoms with Gasteiger partial charge in [0.05, 0.1) is 6.04 Å². The highest BCUT2D eigenvalue weighted by atomic mass is 35.5. The van der Waals surface area contributed by atoms with Crippen molar-refractivity contribution in [3.8, 4) is 0 Å². The van der Waals surface area contributed by atoms with Crippen molar-refractivity contribution in [2.45, 2.75) is 19.0 Å². The fourth-order valence-electron chi connectivity index (χ4n) is 1.94. The van der Waals surface area contributed by atoms with Crippen molar-refractivity contribution in [3.63, 3.8) is 0 Å². The molecule has 1 heterocycles. The minimum absolute atomic E-state index is 0. The largest absolute Gasteiger partial charge is 0.347 e. The first-order chi connectivity index (χ1) is 7.18. The van der Waals surface area contributed by atoms with Crippen LogP contribution in [0.4, 0.5) is 0 Å². The number of carbonyl (C=O) groups excluding carboxylic acids is 1. The van der Waals surface area contributed by atoms with Gasteiger partial charge in [0.15, 0.2) is 0 Å². The summed E-state index contributed by atoms with van der Waals surface area (Å²) in [5.41, 5.74) is 2.59. The Kier molecular flexibility index (Phi) is 4.33. The molecule has 0 unspecified atom stereocenters. The molecule has 16 heavy (non-hydrogen) atoms. The lowest BCUT2D eigenvalue weighted by Crippen LogP contribution is -2.47. The molecule has 4 heteroatoms. The predicted molar refractivity (Wildman–Crippen MR) is 66.7 cm³/mol. The lowest BCUT2D eigenvalue weighted by molar-refractivity contribution is -0.131. The van der Waals surface area contributed by atoms with Gasteiger partial charge in [-0.3, -0.25) is 4.79 Å². The van der Waals surface area contributed by atoms with Crippen LogP contribution in [0.1, 0.15) is 11.1 Å². The highest BCUT2D eigenvalue weighted by molar-refractivity contribution is 5.85. The summed E-state index contributed by atoms with van der Waals surface area (Å²) in [6.45, 7) is 0.792. The van der Waals surface area contributed by atoms with Gasteiger partial charge in [-0.15, -0.1) is 12.4 Å². The summed E-state index contributed by atoms with van der Waals surface area (Å²) in [7, 11) is 3.59. The van der Waals surface area contributed by atoms with Gasteiger partial charge in [-0.25, -0.2) is 0 Å². The van der Waals surface area contributed by atoms with Crippen molar-refractivity contribution < 1.29 is 4.79 Å². The normalized spacial score (nSPS) is 18.2. The molecule has 0 aromatic heterocycles. The van der Waals surface area contributed by atoms with E-state index in [1.54, 1.807) is 19.0 Å². The zero-order valence-corrected chi connectivity index (χ0v) is 10.4. The van der Waals surface area contributed by atoms with Crippen LogP contribution in [0.25, 0.3) is 0 Å². The van der Waals surface area contributed by atoms with Crippen molar-refractivity contribution in [2.75, 3.05) is 14.1 Å². The Balaban J connectivity index is 0.00000128. The summed E-state index contributed by atoms with van der Waals surface area (Å²) >= 11 is 0. The van der Waals surface area contributed by atoms with Gasteiger partial charge in [0.1, 0.15) is 0 Å². The van der Waals surface area contributed by atoms with E-state index < -0.39 is 0 Å². The fraction of sp³-hybridized carbons (Fsp3) is 0.417. The van der Waals surface area contributed by atoms with E-state index in [9.17, 15) is 4.79 Å². The Morgan fingerprint density at radius 1 is 1.31 bits per heavy atom. The number of fused-ring (bicyclic) bond motifs is 1. The van der Waals surface area contributed by atoms with Crippen molar-refractivity contribution in [3.05, 3.63) is 35.4 Å². The molecule has 0 fully saturated rings. The van der Waals surface area contributed by atoms with Gasteiger partial charge in [0.2, 0.25) is 5.91 Å². The van der Waals surface area contributed by atoms with Crippen LogP contribution in [-0.4, -0.2) is 30.9 Å². The zero-order valence-electron chi connectivity index (χ0n) is 9.56. The number of likely N-dealkylation sites (N-methyl/N-ethyl adjacent to an activating group) is 1. The Labute approximate surface area is 102 Å². The van der Waals surface area contributed by atoms with E-state index in [4.69, 9.17) is 0 Å². The van der Waals surface area contributed by atoms with Gasteiger partial charge in [0.25, 0.3) is 0 Å². The topological polar surface area (TPSA) is 32.3 Å². The standard InChI is InChI=1S/C12H16N2O.ClH/c1-14(2)12(15)11-7-9-5-3-4-6-10(9)8-13-11;/h3-6,11,13H,7-8H2,1-2H3;1H/t11-;/m0./s1. The molecule has 0 radical (unpaired) electrons. The third-order valence-electron chi connectivity index (χ3n) is 2.82. The minimum atomic E-state index is -0.0603. The molecule has 1 atom stereocenters. The monoisotopic (exact) mass is 240 g/mol. The Hall–Kier alpha value is -1.06. The molecule has 88 valence electrons. The van der Waals surface area contributed by atoms with Crippen LogP contribution in [0, 0.1) is 0 Å². The second kappa shape index (κ2) is 5.32. The van der Waals surface area contributed by atoms with E-state index in [2.05, 4.69) is 17.4 Å². The summed E-state index contributed by atoms with van der Waals surface area (Å²) in [4.78, 5) is 13.4. The first kappa shape index (κ1) is 13.0. The lowest BCUT2D eigenvalue weighted by atomic mass is 9.95. The number of amides is 1. The first-order valence-corrected chi connectivity index (χ1v) is 5.20. The van der Waals surface area contributed by atoms with Crippen molar-refractivity contribution in [2.24, 2.45) is 0 Å². The number of benzene rings is 1. The maximum atomic E-state index is 11.8. The van der Waals surface area contributed by atoms with Gasteiger partial charge in [-0.05, 0) is 17.5 Å². The summed E-state index contributed by atoms with van der Waals surface area (Å²) in [5, 5.41) is 3.27. The van der Waals surface area contributed by atoms with E-state index in [-0.39, 0.29) is 24.4 Å². The third-order valence-corrected chi connectivity index (χ3v) is 2.82.